The molecule has 1 aliphatic carbocycles. The van der Waals surface area contributed by atoms with Crippen molar-refractivity contribution >= 4 is 11.7 Å². The number of carbonyl (C=O) groups is 1. The molecule has 0 saturated heterocycles. The highest BCUT2D eigenvalue weighted by molar-refractivity contribution is 5.99. The number of benzene rings is 1. The first-order valence-corrected chi connectivity index (χ1v) is 8.40. The molecule has 0 saturated carbocycles. The molecule has 0 spiro atoms. The third-order valence-corrected chi connectivity index (χ3v) is 4.85. The molecule has 0 unspecified atom stereocenters. The summed E-state index contributed by atoms with van der Waals surface area (Å²) in [5, 5.41) is 6.61. The van der Waals surface area contributed by atoms with Crippen LogP contribution in [-0.2, 0) is 11.0 Å². The minimum absolute atomic E-state index is 0.0247. The molecule has 0 amide bonds. The fourth-order valence-electron chi connectivity index (χ4n) is 3.62. The van der Waals surface area contributed by atoms with E-state index >= 15 is 0 Å². The second-order valence-corrected chi connectivity index (χ2v) is 6.76. The number of carbonyl (C=O) groups excluding carboxylic acids is 1. The van der Waals surface area contributed by atoms with Crippen molar-refractivity contribution < 1.29 is 18.0 Å². The zero-order valence-electron chi connectivity index (χ0n) is 14.3. The van der Waals surface area contributed by atoms with E-state index in [0.717, 1.165) is 16.7 Å². The normalized spacial score (nSPS) is 19.9. The van der Waals surface area contributed by atoms with Gasteiger partial charge in [-0.05, 0) is 37.8 Å². The van der Waals surface area contributed by atoms with Crippen LogP contribution in [0.1, 0.15) is 47.8 Å². The van der Waals surface area contributed by atoms with Gasteiger partial charge in [-0.2, -0.15) is 18.2 Å². The van der Waals surface area contributed by atoms with Gasteiger partial charge in [-0.25, -0.2) is 4.68 Å². The highest BCUT2D eigenvalue weighted by atomic mass is 19.4. The second-order valence-electron chi connectivity index (χ2n) is 6.76. The fourth-order valence-corrected chi connectivity index (χ4v) is 3.62. The molecule has 1 N–H and O–H groups in total. The number of anilines is 1. The number of nitrogens with zero attached hydrogens (tertiary/aromatic N) is 3. The Bertz CT molecular complexity index is 942. The molecule has 136 valence electrons. The number of ketones is 1. The van der Waals surface area contributed by atoms with Gasteiger partial charge in [0.25, 0.3) is 5.82 Å². The monoisotopic (exact) mass is 362 g/mol. The van der Waals surface area contributed by atoms with Crippen molar-refractivity contribution in [3.63, 3.8) is 0 Å². The van der Waals surface area contributed by atoms with E-state index in [1.807, 2.05) is 32.0 Å². The number of aromatic nitrogens is 3. The van der Waals surface area contributed by atoms with Crippen LogP contribution in [-0.4, -0.2) is 20.5 Å². The van der Waals surface area contributed by atoms with Gasteiger partial charge in [-0.15, -0.1) is 5.10 Å². The highest BCUT2D eigenvalue weighted by Crippen LogP contribution is 2.42. The van der Waals surface area contributed by atoms with Crippen molar-refractivity contribution in [2.24, 2.45) is 0 Å². The van der Waals surface area contributed by atoms with E-state index in [1.165, 1.54) is 4.68 Å². The largest absolute Gasteiger partial charge is 0.453 e. The van der Waals surface area contributed by atoms with E-state index in [4.69, 9.17) is 0 Å². The van der Waals surface area contributed by atoms with Crippen molar-refractivity contribution in [3.8, 4) is 0 Å². The van der Waals surface area contributed by atoms with Crippen molar-refractivity contribution in [1.82, 2.24) is 14.8 Å². The average molecular weight is 362 g/mol. The van der Waals surface area contributed by atoms with Gasteiger partial charge in [-0.1, -0.05) is 23.8 Å². The number of nitrogens with one attached hydrogen (secondary N) is 1. The lowest BCUT2D eigenvalue weighted by atomic mass is 9.84. The summed E-state index contributed by atoms with van der Waals surface area (Å²) in [6, 6.07) is 5.04. The summed E-state index contributed by atoms with van der Waals surface area (Å²) >= 11 is 0. The van der Waals surface area contributed by atoms with Crippen LogP contribution in [0.25, 0.3) is 0 Å². The van der Waals surface area contributed by atoms with E-state index in [1.54, 1.807) is 0 Å². The summed E-state index contributed by atoms with van der Waals surface area (Å²) in [6.07, 6.45) is -2.98. The Balaban J connectivity index is 1.96. The minimum atomic E-state index is -4.65. The number of alkyl halides is 3. The van der Waals surface area contributed by atoms with Gasteiger partial charge >= 0.3 is 6.18 Å². The predicted molar refractivity (Wildman–Crippen MR) is 88.6 cm³/mol. The molecule has 2 aliphatic rings. The molecule has 4 rings (SSSR count). The van der Waals surface area contributed by atoms with Gasteiger partial charge in [0, 0.05) is 17.7 Å². The van der Waals surface area contributed by atoms with E-state index in [2.05, 4.69) is 15.4 Å². The van der Waals surface area contributed by atoms with E-state index in [9.17, 15) is 18.0 Å². The molecule has 0 bridgehead atoms. The molecule has 0 radical (unpaired) electrons. The van der Waals surface area contributed by atoms with Crippen molar-refractivity contribution in [2.45, 2.75) is 45.3 Å². The standard InChI is InChI=1S/C18H17F3N4O/c1-9-6-7-10(2)11(8-9)15-14-12(4-3-5-13(14)26)22-17-23-16(18(19,20)21)24-25(15)17/h6-8,15H,3-5H2,1-2H3,(H,22,23,24)/t15-/m0/s1. The molecule has 2 heterocycles. The maximum Gasteiger partial charge on any atom is 0.453 e. The molecule has 5 nitrogen and oxygen atoms in total. The van der Waals surface area contributed by atoms with Gasteiger partial charge in [0.05, 0.1) is 0 Å². The molecule has 2 aromatic rings. The van der Waals surface area contributed by atoms with Crippen LogP contribution in [0.15, 0.2) is 29.5 Å². The Hall–Kier alpha value is -2.64. The van der Waals surface area contributed by atoms with Crippen LogP contribution < -0.4 is 5.32 Å². The van der Waals surface area contributed by atoms with E-state index in [-0.39, 0.29) is 11.7 Å². The van der Waals surface area contributed by atoms with Gasteiger partial charge in [0.15, 0.2) is 5.78 Å². The fraction of sp³-hybridized carbons (Fsp3) is 0.389. The van der Waals surface area contributed by atoms with Gasteiger partial charge in [0.2, 0.25) is 5.95 Å². The first-order valence-electron chi connectivity index (χ1n) is 8.40. The van der Waals surface area contributed by atoms with Crippen molar-refractivity contribution in [2.75, 3.05) is 5.32 Å². The summed E-state index contributed by atoms with van der Waals surface area (Å²) in [7, 11) is 0. The van der Waals surface area contributed by atoms with Crippen LogP contribution >= 0.6 is 0 Å². The highest BCUT2D eigenvalue weighted by Gasteiger charge is 2.42. The van der Waals surface area contributed by atoms with Crippen LogP contribution in [0.3, 0.4) is 0 Å². The Morgan fingerprint density at radius 2 is 2.00 bits per heavy atom. The van der Waals surface area contributed by atoms with Gasteiger partial charge in [-0.3, -0.25) is 4.79 Å². The summed E-state index contributed by atoms with van der Waals surface area (Å²) in [4.78, 5) is 16.3. The summed E-state index contributed by atoms with van der Waals surface area (Å²) in [5.74, 6) is -1.24. The number of halogens is 3. The lowest BCUT2D eigenvalue weighted by Crippen LogP contribution is -2.32. The number of rotatable bonds is 1. The van der Waals surface area contributed by atoms with Crippen LogP contribution in [0.4, 0.5) is 19.1 Å². The molecule has 1 aliphatic heterocycles. The first kappa shape index (κ1) is 16.8. The summed E-state index contributed by atoms with van der Waals surface area (Å²) in [6.45, 7) is 3.79. The van der Waals surface area contributed by atoms with Crippen LogP contribution in [0.2, 0.25) is 0 Å². The number of hydrogen-bond donors (Lipinski definition) is 1. The number of fused-ring (bicyclic) bond motifs is 1. The Kier molecular flexibility index (Phi) is 3.68. The lowest BCUT2D eigenvalue weighted by Gasteiger charge is -2.33. The smallest absolute Gasteiger partial charge is 0.328 e. The van der Waals surface area contributed by atoms with E-state index in [0.29, 0.717) is 30.5 Å². The molecule has 26 heavy (non-hydrogen) atoms. The third-order valence-electron chi connectivity index (χ3n) is 4.85. The number of allylic oxidation sites excluding steroid dienone is 2. The second kappa shape index (κ2) is 5.69. The SMILES string of the molecule is Cc1ccc(C)c([C@H]2C3=C(CCCC3=O)Nc3nc(C(F)(F)F)nn32)c1. The topological polar surface area (TPSA) is 59.8 Å². The maximum atomic E-state index is 13.1. The van der Waals surface area contributed by atoms with Gasteiger partial charge < -0.3 is 5.32 Å². The molecule has 0 fully saturated rings. The zero-order valence-corrected chi connectivity index (χ0v) is 14.3. The zero-order chi connectivity index (χ0) is 18.6. The molecular formula is C18H17F3N4O. The first-order chi connectivity index (χ1) is 12.3. The number of hydrogen-bond acceptors (Lipinski definition) is 4. The van der Waals surface area contributed by atoms with E-state index < -0.39 is 18.0 Å². The molecule has 8 heteroatoms. The Labute approximate surface area is 147 Å². The Morgan fingerprint density at radius 3 is 2.73 bits per heavy atom. The molecule has 1 aromatic carbocycles. The third kappa shape index (κ3) is 2.60. The quantitative estimate of drug-likeness (QED) is 0.835. The lowest BCUT2D eigenvalue weighted by molar-refractivity contribution is -0.145. The van der Waals surface area contributed by atoms with Crippen LogP contribution in [0.5, 0.6) is 0 Å². The maximum absolute atomic E-state index is 13.1. The minimum Gasteiger partial charge on any atom is -0.328 e. The summed E-state index contributed by atoms with van der Waals surface area (Å²) < 4.78 is 40.6. The van der Waals surface area contributed by atoms with Crippen molar-refractivity contribution in [3.05, 3.63) is 52.0 Å². The summed E-state index contributed by atoms with van der Waals surface area (Å²) in [5.41, 5.74) is 3.78. The molecule has 1 aromatic heterocycles. The molecular weight excluding hydrogens is 345 g/mol. The molecule has 1 atom stereocenters. The average Bonchev–Trinajstić information content (AvgIpc) is 2.99. The van der Waals surface area contributed by atoms with Gasteiger partial charge in [0.1, 0.15) is 6.04 Å². The van der Waals surface area contributed by atoms with Crippen molar-refractivity contribution in [1.29, 1.82) is 0 Å². The number of aryl methyl sites for hydroxylation is 2. The number of Topliss-reactive ketones (excluding diaryl/α,β-unsaturated/α-hetero) is 1. The predicted octanol–water partition coefficient (Wildman–Crippen LogP) is 3.94. The van der Waals surface area contributed by atoms with Crippen LogP contribution in [0, 0.1) is 13.8 Å². The Morgan fingerprint density at radius 1 is 1.23 bits per heavy atom.